The largest absolute Gasteiger partial charge is 0.445 e. The van der Waals surface area contributed by atoms with Crippen LogP contribution >= 0.6 is 0 Å². The van der Waals surface area contributed by atoms with Crippen molar-refractivity contribution >= 4 is 6.09 Å². The standard InChI is InChI=1S/C15H19FN2O2/c16-13-4-2-1-3-12(13)10-20-15(19)17-14-9-18-7-5-11(14)6-8-18/h1-4,11,14H,5-10H2,(H,17,19). The van der Waals surface area contributed by atoms with E-state index >= 15 is 0 Å². The van der Waals surface area contributed by atoms with E-state index < -0.39 is 6.09 Å². The Bertz CT molecular complexity index is 487. The summed E-state index contributed by atoms with van der Waals surface area (Å²) in [5, 5.41) is 2.91. The first-order valence-corrected chi connectivity index (χ1v) is 7.11. The van der Waals surface area contributed by atoms with Crippen LogP contribution in [0.4, 0.5) is 9.18 Å². The lowest BCUT2D eigenvalue weighted by molar-refractivity contribution is 0.0640. The highest BCUT2D eigenvalue weighted by atomic mass is 19.1. The predicted octanol–water partition coefficient (Wildman–Crippen LogP) is 2.15. The zero-order valence-corrected chi connectivity index (χ0v) is 11.3. The lowest BCUT2D eigenvalue weighted by atomic mass is 9.84. The van der Waals surface area contributed by atoms with E-state index in [4.69, 9.17) is 4.74 Å². The van der Waals surface area contributed by atoms with Gasteiger partial charge in [-0.2, -0.15) is 0 Å². The second-order valence-corrected chi connectivity index (χ2v) is 5.56. The van der Waals surface area contributed by atoms with Crippen LogP contribution in [-0.4, -0.2) is 36.7 Å². The van der Waals surface area contributed by atoms with Crippen LogP contribution in [0.3, 0.4) is 0 Å². The summed E-state index contributed by atoms with van der Waals surface area (Å²) in [6.45, 7) is 3.14. The molecule has 3 saturated heterocycles. The normalized spacial score (nSPS) is 28.1. The van der Waals surface area contributed by atoms with Crippen LogP contribution in [0.25, 0.3) is 0 Å². The zero-order valence-electron chi connectivity index (χ0n) is 11.3. The molecular formula is C15H19FN2O2. The molecule has 3 aliphatic rings. The smallest absolute Gasteiger partial charge is 0.407 e. The number of fused-ring (bicyclic) bond motifs is 3. The number of carbonyl (C=O) groups excluding carboxylic acids is 1. The maximum absolute atomic E-state index is 13.4. The van der Waals surface area contributed by atoms with E-state index in [0.717, 1.165) is 32.5 Å². The van der Waals surface area contributed by atoms with Gasteiger partial charge < -0.3 is 15.0 Å². The van der Waals surface area contributed by atoms with E-state index in [-0.39, 0.29) is 18.5 Å². The fraction of sp³-hybridized carbons (Fsp3) is 0.533. The van der Waals surface area contributed by atoms with Crippen molar-refractivity contribution in [3.63, 3.8) is 0 Å². The van der Waals surface area contributed by atoms with E-state index in [2.05, 4.69) is 10.2 Å². The molecule has 108 valence electrons. The van der Waals surface area contributed by atoms with E-state index in [1.165, 1.54) is 6.07 Å². The molecule has 0 aromatic heterocycles. The Morgan fingerprint density at radius 2 is 2.10 bits per heavy atom. The first-order valence-electron chi connectivity index (χ1n) is 7.11. The van der Waals surface area contributed by atoms with Gasteiger partial charge in [0.2, 0.25) is 0 Å². The molecule has 4 rings (SSSR count). The summed E-state index contributed by atoms with van der Waals surface area (Å²) in [6, 6.07) is 6.51. The number of piperidine rings is 3. The van der Waals surface area contributed by atoms with Gasteiger partial charge in [-0.3, -0.25) is 0 Å². The van der Waals surface area contributed by atoms with Gasteiger partial charge in [-0.05, 0) is 37.9 Å². The van der Waals surface area contributed by atoms with Gasteiger partial charge in [0.25, 0.3) is 0 Å². The minimum Gasteiger partial charge on any atom is -0.445 e. The van der Waals surface area contributed by atoms with E-state index in [1.807, 2.05) is 0 Å². The molecule has 1 aromatic rings. The van der Waals surface area contributed by atoms with Crippen LogP contribution in [0.15, 0.2) is 24.3 Å². The van der Waals surface area contributed by atoms with Crippen LogP contribution in [-0.2, 0) is 11.3 Å². The van der Waals surface area contributed by atoms with Gasteiger partial charge in [-0.1, -0.05) is 18.2 Å². The summed E-state index contributed by atoms with van der Waals surface area (Å²) in [5.74, 6) is 0.212. The molecule has 3 aliphatic heterocycles. The summed E-state index contributed by atoms with van der Waals surface area (Å²) in [7, 11) is 0. The van der Waals surface area contributed by atoms with E-state index in [9.17, 15) is 9.18 Å². The summed E-state index contributed by atoms with van der Waals surface area (Å²) in [6.07, 6.45) is 1.82. The van der Waals surface area contributed by atoms with Crippen molar-refractivity contribution in [2.45, 2.75) is 25.5 Å². The molecule has 0 radical (unpaired) electrons. The number of carbonyl (C=O) groups is 1. The Hall–Kier alpha value is -1.62. The average Bonchev–Trinajstić information content (AvgIpc) is 2.48. The molecule has 1 atom stereocenters. The first kappa shape index (κ1) is 13.4. The van der Waals surface area contributed by atoms with Gasteiger partial charge >= 0.3 is 6.09 Å². The van der Waals surface area contributed by atoms with Crippen LogP contribution < -0.4 is 5.32 Å². The number of ether oxygens (including phenoxy) is 1. The third kappa shape index (κ3) is 2.93. The molecule has 3 fully saturated rings. The van der Waals surface area contributed by atoms with Crippen molar-refractivity contribution in [1.29, 1.82) is 0 Å². The van der Waals surface area contributed by atoms with Crippen molar-refractivity contribution in [2.24, 2.45) is 5.92 Å². The number of rotatable bonds is 3. The molecule has 1 unspecified atom stereocenters. The lowest BCUT2D eigenvalue weighted by Gasteiger charge is -2.44. The highest BCUT2D eigenvalue weighted by Crippen LogP contribution is 2.27. The highest BCUT2D eigenvalue weighted by molar-refractivity contribution is 5.67. The number of benzene rings is 1. The Balaban J connectivity index is 1.49. The number of nitrogens with one attached hydrogen (secondary N) is 1. The average molecular weight is 278 g/mol. The molecule has 0 aliphatic carbocycles. The maximum atomic E-state index is 13.4. The van der Waals surface area contributed by atoms with Gasteiger partial charge in [-0.15, -0.1) is 0 Å². The molecule has 0 spiro atoms. The van der Waals surface area contributed by atoms with Gasteiger partial charge in [-0.25, -0.2) is 9.18 Å². The molecule has 2 bridgehead atoms. The van der Waals surface area contributed by atoms with Crippen LogP contribution in [0.2, 0.25) is 0 Å². The Kier molecular flexibility index (Phi) is 3.87. The van der Waals surface area contributed by atoms with E-state index in [0.29, 0.717) is 11.5 Å². The molecule has 4 nitrogen and oxygen atoms in total. The second kappa shape index (κ2) is 5.79. The maximum Gasteiger partial charge on any atom is 0.407 e. The number of hydrogen-bond donors (Lipinski definition) is 1. The van der Waals surface area contributed by atoms with Crippen molar-refractivity contribution in [1.82, 2.24) is 10.2 Å². The fourth-order valence-corrected chi connectivity index (χ4v) is 3.08. The topological polar surface area (TPSA) is 41.6 Å². The molecule has 1 amide bonds. The summed E-state index contributed by atoms with van der Waals surface area (Å²) >= 11 is 0. The van der Waals surface area contributed by atoms with E-state index in [1.54, 1.807) is 18.2 Å². The molecule has 5 heteroatoms. The summed E-state index contributed by atoms with van der Waals surface area (Å²) < 4.78 is 18.5. The number of halogens is 1. The molecule has 3 heterocycles. The molecule has 20 heavy (non-hydrogen) atoms. The minimum absolute atomic E-state index is 0.0282. The van der Waals surface area contributed by atoms with Crippen molar-refractivity contribution < 1.29 is 13.9 Å². The molecular weight excluding hydrogens is 259 g/mol. The Morgan fingerprint density at radius 1 is 1.35 bits per heavy atom. The predicted molar refractivity (Wildman–Crippen MR) is 72.7 cm³/mol. The molecule has 1 aromatic carbocycles. The van der Waals surface area contributed by atoms with Crippen molar-refractivity contribution in [3.05, 3.63) is 35.6 Å². The number of alkyl carbamates (subject to hydrolysis) is 1. The second-order valence-electron chi connectivity index (χ2n) is 5.56. The lowest BCUT2D eigenvalue weighted by Crippen LogP contribution is -2.57. The first-order chi connectivity index (χ1) is 9.72. The molecule has 1 N–H and O–H groups in total. The van der Waals surface area contributed by atoms with Crippen LogP contribution in [0.1, 0.15) is 18.4 Å². The number of amides is 1. The Labute approximate surface area is 117 Å². The number of nitrogens with zero attached hydrogens (tertiary/aromatic N) is 1. The Morgan fingerprint density at radius 3 is 2.75 bits per heavy atom. The van der Waals surface area contributed by atoms with Gasteiger partial charge in [0, 0.05) is 18.2 Å². The summed E-state index contributed by atoms with van der Waals surface area (Å²) in [4.78, 5) is 14.2. The van der Waals surface area contributed by atoms with Crippen LogP contribution in [0, 0.1) is 11.7 Å². The van der Waals surface area contributed by atoms with Gasteiger partial charge in [0.1, 0.15) is 12.4 Å². The quantitative estimate of drug-likeness (QED) is 0.921. The third-order valence-electron chi connectivity index (χ3n) is 4.28. The minimum atomic E-state index is -0.452. The van der Waals surface area contributed by atoms with Gasteiger partial charge in [0.15, 0.2) is 0 Å². The van der Waals surface area contributed by atoms with Gasteiger partial charge in [0.05, 0.1) is 0 Å². The SMILES string of the molecule is O=C(NC1CN2CCC1CC2)OCc1ccccc1F. The molecule has 0 saturated carbocycles. The van der Waals surface area contributed by atoms with Crippen LogP contribution in [0.5, 0.6) is 0 Å². The monoisotopic (exact) mass is 278 g/mol. The summed E-state index contributed by atoms with van der Waals surface area (Å²) in [5.41, 5.74) is 0.400. The third-order valence-corrected chi connectivity index (χ3v) is 4.28. The fourth-order valence-electron chi connectivity index (χ4n) is 3.08. The number of hydrogen-bond acceptors (Lipinski definition) is 3. The van der Waals surface area contributed by atoms with Crippen molar-refractivity contribution in [3.8, 4) is 0 Å². The zero-order chi connectivity index (χ0) is 13.9. The van der Waals surface area contributed by atoms with Crippen molar-refractivity contribution in [2.75, 3.05) is 19.6 Å². The highest BCUT2D eigenvalue weighted by Gasteiger charge is 2.35.